The standard InChI is InChI=1S/C17H28N2O3/c1-2-22-11-7-15(20)18-10-3-8-17(12-18)9-6-16(21)19(13-17)14-4-5-14/h14H,2-13H2,1H3. The highest BCUT2D eigenvalue weighted by Gasteiger charge is 2.46. The average Bonchev–Trinajstić information content (AvgIpc) is 3.35. The maximum atomic E-state index is 12.4. The van der Waals surface area contributed by atoms with Crippen LogP contribution in [0.3, 0.4) is 0 Å². The summed E-state index contributed by atoms with van der Waals surface area (Å²) in [5.74, 6) is 0.537. The van der Waals surface area contributed by atoms with E-state index in [2.05, 4.69) is 4.90 Å². The molecule has 1 atom stereocenters. The molecule has 2 saturated heterocycles. The minimum atomic E-state index is 0.149. The Morgan fingerprint density at radius 3 is 2.86 bits per heavy atom. The van der Waals surface area contributed by atoms with Gasteiger partial charge in [-0.1, -0.05) is 0 Å². The highest BCUT2D eigenvalue weighted by Crippen LogP contribution is 2.42. The fraction of sp³-hybridized carbons (Fsp3) is 0.882. The number of carbonyl (C=O) groups excluding carboxylic acids is 2. The Morgan fingerprint density at radius 2 is 2.14 bits per heavy atom. The summed E-state index contributed by atoms with van der Waals surface area (Å²) in [5.41, 5.74) is 0.149. The highest BCUT2D eigenvalue weighted by atomic mass is 16.5. The monoisotopic (exact) mass is 308 g/mol. The fourth-order valence-corrected chi connectivity index (χ4v) is 3.98. The van der Waals surface area contributed by atoms with E-state index < -0.39 is 0 Å². The van der Waals surface area contributed by atoms with E-state index in [-0.39, 0.29) is 11.3 Å². The van der Waals surface area contributed by atoms with Crippen molar-refractivity contribution in [3.63, 3.8) is 0 Å². The van der Waals surface area contributed by atoms with E-state index >= 15 is 0 Å². The molecular formula is C17H28N2O3. The third-order valence-corrected chi connectivity index (χ3v) is 5.36. The van der Waals surface area contributed by atoms with Gasteiger partial charge in [-0.2, -0.15) is 0 Å². The summed E-state index contributed by atoms with van der Waals surface area (Å²) in [7, 11) is 0. The highest BCUT2D eigenvalue weighted by molar-refractivity contribution is 5.78. The van der Waals surface area contributed by atoms with Gasteiger partial charge in [-0.25, -0.2) is 0 Å². The zero-order valence-electron chi connectivity index (χ0n) is 13.7. The van der Waals surface area contributed by atoms with Crippen molar-refractivity contribution < 1.29 is 14.3 Å². The molecule has 3 rings (SSSR count). The molecule has 0 aromatic carbocycles. The summed E-state index contributed by atoms with van der Waals surface area (Å²) >= 11 is 0. The molecule has 5 heteroatoms. The molecular weight excluding hydrogens is 280 g/mol. The van der Waals surface area contributed by atoms with E-state index in [0.29, 0.717) is 38.0 Å². The molecule has 0 aromatic rings. The van der Waals surface area contributed by atoms with Gasteiger partial charge in [0.05, 0.1) is 13.0 Å². The van der Waals surface area contributed by atoms with Crippen molar-refractivity contribution in [2.75, 3.05) is 32.8 Å². The van der Waals surface area contributed by atoms with Gasteiger partial charge in [0.15, 0.2) is 0 Å². The third kappa shape index (κ3) is 3.45. The van der Waals surface area contributed by atoms with Gasteiger partial charge in [0, 0.05) is 44.1 Å². The summed E-state index contributed by atoms with van der Waals surface area (Å²) in [6.45, 7) is 5.69. The van der Waals surface area contributed by atoms with Crippen LogP contribution in [0.15, 0.2) is 0 Å². The second kappa shape index (κ2) is 6.57. The van der Waals surface area contributed by atoms with Crippen molar-refractivity contribution in [2.45, 2.75) is 57.9 Å². The number of ether oxygens (including phenoxy) is 1. The smallest absolute Gasteiger partial charge is 0.224 e. The van der Waals surface area contributed by atoms with Crippen LogP contribution in [-0.2, 0) is 14.3 Å². The Labute approximate surface area is 133 Å². The van der Waals surface area contributed by atoms with Crippen LogP contribution in [0.25, 0.3) is 0 Å². The topological polar surface area (TPSA) is 49.9 Å². The number of piperidine rings is 2. The van der Waals surface area contributed by atoms with Crippen LogP contribution in [-0.4, -0.2) is 60.5 Å². The normalized spacial score (nSPS) is 29.2. The Kier molecular flexibility index (Phi) is 4.71. The first-order chi connectivity index (χ1) is 10.6. The molecule has 3 fully saturated rings. The summed E-state index contributed by atoms with van der Waals surface area (Å²) in [4.78, 5) is 28.6. The molecule has 124 valence electrons. The summed E-state index contributed by atoms with van der Waals surface area (Å²) in [5, 5.41) is 0. The Balaban J connectivity index is 1.59. The zero-order valence-corrected chi connectivity index (χ0v) is 13.7. The van der Waals surface area contributed by atoms with E-state index in [1.165, 1.54) is 12.8 Å². The van der Waals surface area contributed by atoms with Crippen LogP contribution in [0.5, 0.6) is 0 Å². The van der Waals surface area contributed by atoms with Crippen molar-refractivity contribution in [1.29, 1.82) is 0 Å². The van der Waals surface area contributed by atoms with Crippen LogP contribution in [0.1, 0.15) is 51.9 Å². The van der Waals surface area contributed by atoms with Crippen molar-refractivity contribution in [1.82, 2.24) is 9.80 Å². The van der Waals surface area contributed by atoms with Gasteiger partial charge >= 0.3 is 0 Å². The summed E-state index contributed by atoms with van der Waals surface area (Å²) < 4.78 is 5.30. The van der Waals surface area contributed by atoms with Crippen molar-refractivity contribution in [2.24, 2.45) is 5.41 Å². The lowest BCUT2D eigenvalue weighted by Crippen LogP contribution is -2.55. The molecule has 0 bridgehead atoms. The lowest BCUT2D eigenvalue weighted by Gasteiger charge is -2.48. The van der Waals surface area contributed by atoms with Crippen LogP contribution in [0, 0.1) is 5.41 Å². The minimum absolute atomic E-state index is 0.149. The molecule has 22 heavy (non-hydrogen) atoms. The van der Waals surface area contributed by atoms with Gasteiger partial charge in [-0.05, 0) is 39.0 Å². The number of likely N-dealkylation sites (tertiary alicyclic amines) is 2. The summed E-state index contributed by atoms with van der Waals surface area (Å²) in [6, 6.07) is 0.494. The van der Waals surface area contributed by atoms with Crippen LogP contribution in [0.4, 0.5) is 0 Å². The first kappa shape index (κ1) is 15.8. The average molecular weight is 308 g/mol. The number of nitrogens with zero attached hydrogens (tertiary/aromatic N) is 2. The van der Waals surface area contributed by atoms with Gasteiger partial charge < -0.3 is 14.5 Å². The molecule has 1 aliphatic carbocycles. The number of hydrogen-bond donors (Lipinski definition) is 0. The predicted molar refractivity (Wildman–Crippen MR) is 83.3 cm³/mol. The quantitative estimate of drug-likeness (QED) is 0.728. The number of amides is 2. The van der Waals surface area contributed by atoms with Gasteiger partial charge in [0.2, 0.25) is 11.8 Å². The third-order valence-electron chi connectivity index (χ3n) is 5.36. The molecule has 3 aliphatic rings. The molecule has 2 amide bonds. The Bertz CT molecular complexity index is 436. The van der Waals surface area contributed by atoms with Crippen LogP contribution in [0.2, 0.25) is 0 Å². The summed E-state index contributed by atoms with van der Waals surface area (Å²) in [6.07, 6.45) is 6.64. The lowest BCUT2D eigenvalue weighted by molar-refractivity contribution is -0.144. The van der Waals surface area contributed by atoms with E-state index in [9.17, 15) is 9.59 Å². The SMILES string of the molecule is CCOCCC(=O)N1CCCC2(CCC(=O)N(C3CC3)C2)C1. The lowest BCUT2D eigenvalue weighted by atomic mass is 9.73. The zero-order chi connectivity index (χ0) is 15.6. The first-order valence-corrected chi connectivity index (χ1v) is 8.78. The van der Waals surface area contributed by atoms with Gasteiger partial charge in [-0.15, -0.1) is 0 Å². The van der Waals surface area contributed by atoms with Crippen LogP contribution < -0.4 is 0 Å². The number of hydrogen-bond acceptors (Lipinski definition) is 3. The largest absolute Gasteiger partial charge is 0.381 e. The van der Waals surface area contributed by atoms with Gasteiger partial charge in [0.1, 0.15) is 0 Å². The molecule has 2 aliphatic heterocycles. The second-order valence-corrected chi connectivity index (χ2v) is 7.12. The van der Waals surface area contributed by atoms with Gasteiger partial charge in [-0.3, -0.25) is 9.59 Å². The predicted octanol–water partition coefficient (Wildman–Crippen LogP) is 1.81. The molecule has 5 nitrogen and oxygen atoms in total. The minimum Gasteiger partial charge on any atom is -0.381 e. The molecule has 2 heterocycles. The van der Waals surface area contributed by atoms with Crippen molar-refractivity contribution in [3.05, 3.63) is 0 Å². The molecule has 1 unspecified atom stereocenters. The number of carbonyl (C=O) groups is 2. The van der Waals surface area contributed by atoms with Crippen LogP contribution >= 0.6 is 0 Å². The second-order valence-electron chi connectivity index (χ2n) is 7.12. The van der Waals surface area contributed by atoms with Gasteiger partial charge in [0.25, 0.3) is 0 Å². The van der Waals surface area contributed by atoms with Crippen molar-refractivity contribution >= 4 is 11.8 Å². The Hall–Kier alpha value is -1.10. The van der Waals surface area contributed by atoms with E-state index in [4.69, 9.17) is 4.74 Å². The molecule has 1 saturated carbocycles. The van der Waals surface area contributed by atoms with E-state index in [1.54, 1.807) is 0 Å². The maximum Gasteiger partial charge on any atom is 0.224 e. The number of rotatable bonds is 5. The Morgan fingerprint density at radius 1 is 1.32 bits per heavy atom. The molecule has 0 N–H and O–H groups in total. The fourth-order valence-electron chi connectivity index (χ4n) is 3.98. The first-order valence-electron chi connectivity index (χ1n) is 8.78. The van der Waals surface area contributed by atoms with Crippen molar-refractivity contribution in [3.8, 4) is 0 Å². The van der Waals surface area contributed by atoms with E-state index in [1.807, 2.05) is 11.8 Å². The molecule has 0 aromatic heterocycles. The maximum absolute atomic E-state index is 12.4. The van der Waals surface area contributed by atoms with E-state index in [0.717, 1.165) is 38.9 Å². The molecule has 0 radical (unpaired) electrons. The molecule has 1 spiro atoms.